The normalized spacial score (nSPS) is 10.5. The van der Waals surface area contributed by atoms with Crippen molar-refractivity contribution in [1.29, 1.82) is 0 Å². The number of rotatable bonds is 3. The molecule has 0 radical (unpaired) electrons. The van der Waals surface area contributed by atoms with Crippen LogP contribution in [0.1, 0.15) is 16.7 Å². The molecule has 2 aromatic rings. The first-order valence-electron chi connectivity index (χ1n) is 5.91. The highest BCUT2D eigenvalue weighted by Gasteiger charge is 2.09. The van der Waals surface area contributed by atoms with Crippen molar-refractivity contribution in [3.8, 4) is 5.75 Å². The van der Waals surface area contributed by atoms with Crippen molar-refractivity contribution in [3.05, 3.63) is 57.3 Å². The molecule has 0 aliphatic carbocycles. The Morgan fingerprint density at radius 1 is 1.21 bits per heavy atom. The van der Waals surface area contributed by atoms with Crippen LogP contribution in [0.3, 0.4) is 0 Å². The minimum absolute atomic E-state index is 0.275. The second kappa shape index (κ2) is 5.61. The molecule has 2 rings (SSSR count). The van der Waals surface area contributed by atoms with Crippen LogP contribution in [0, 0.1) is 19.7 Å². The molecule has 4 heteroatoms. The SMILES string of the molecule is Cc1ccc(N)c(C)c1OCc1cc(F)ccc1Br. The van der Waals surface area contributed by atoms with Crippen LogP contribution in [0.5, 0.6) is 5.75 Å². The summed E-state index contributed by atoms with van der Waals surface area (Å²) in [7, 11) is 0. The molecule has 0 aromatic heterocycles. The van der Waals surface area contributed by atoms with Gasteiger partial charge in [-0.25, -0.2) is 4.39 Å². The number of ether oxygens (including phenoxy) is 1. The van der Waals surface area contributed by atoms with E-state index in [9.17, 15) is 4.39 Å². The van der Waals surface area contributed by atoms with E-state index in [4.69, 9.17) is 10.5 Å². The van der Waals surface area contributed by atoms with Gasteiger partial charge in [-0.3, -0.25) is 0 Å². The number of anilines is 1. The van der Waals surface area contributed by atoms with Gasteiger partial charge in [-0.05, 0) is 43.7 Å². The highest BCUT2D eigenvalue weighted by Crippen LogP contribution is 2.29. The summed E-state index contributed by atoms with van der Waals surface area (Å²) in [5.74, 6) is 0.485. The molecule has 0 heterocycles. The lowest BCUT2D eigenvalue weighted by molar-refractivity contribution is 0.301. The number of halogens is 2. The third kappa shape index (κ3) is 3.07. The van der Waals surface area contributed by atoms with Crippen molar-refractivity contribution < 1.29 is 9.13 Å². The standard InChI is InChI=1S/C15H15BrFNO/c1-9-3-6-14(18)10(2)15(9)19-8-11-7-12(17)4-5-13(11)16/h3-7H,8,18H2,1-2H3. The quantitative estimate of drug-likeness (QED) is 0.851. The molecule has 2 nitrogen and oxygen atoms in total. The lowest BCUT2D eigenvalue weighted by Crippen LogP contribution is -2.02. The minimum Gasteiger partial charge on any atom is -0.488 e. The summed E-state index contributed by atoms with van der Waals surface area (Å²) in [5.41, 5.74) is 9.24. The van der Waals surface area contributed by atoms with Crippen molar-refractivity contribution in [2.24, 2.45) is 0 Å². The zero-order valence-corrected chi connectivity index (χ0v) is 12.4. The van der Waals surface area contributed by atoms with E-state index >= 15 is 0 Å². The third-order valence-corrected chi connectivity index (χ3v) is 3.80. The van der Waals surface area contributed by atoms with E-state index < -0.39 is 0 Å². The molecule has 0 fully saturated rings. The summed E-state index contributed by atoms with van der Waals surface area (Å²) in [4.78, 5) is 0. The smallest absolute Gasteiger partial charge is 0.127 e. The highest BCUT2D eigenvalue weighted by molar-refractivity contribution is 9.10. The first-order chi connectivity index (χ1) is 8.99. The first-order valence-corrected chi connectivity index (χ1v) is 6.70. The second-order valence-corrected chi connectivity index (χ2v) is 5.30. The van der Waals surface area contributed by atoms with Crippen molar-refractivity contribution >= 4 is 21.6 Å². The van der Waals surface area contributed by atoms with Crippen molar-refractivity contribution in [1.82, 2.24) is 0 Å². The molecule has 0 unspecified atom stereocenters. The average molecular weight is 324 g/mol. The molecular weight excluding hydrogens is 309 g/mol. The van der Waals surface area contributed by atoms with Crippen LogP contribution in [0.2, 0.25) is 0 Å². The van der Waals surface area contributed by atoms with Crippen LogP contribution in [0.15, 0.2) is 34.8 Å². The zero-order valence-electron chi connectivity index (χ0n) is 10.8. The van der Waals surface area contributed by atoms with Gasteiger partial charge in [0.15, 0.2) is 0 Å². The fourth-order valence-electron chi connectivity index (χ4n) is 1.87. The molecule has 19 heavy (non-hydrogen) atoms. The van der Waals surface area contributed by atoms with Gasteiger partial charge in [-0.2, -0.15) is 0 Å². The first kappa shape index (κ1) is 13.9. The van der Waals surface area contributed by atoms with Gasteiger partial charge in [0.2, 0.25) is 0 Å². The van der Waals surface area contributed by atoms with Crippen LogP contribution in [-0.2, 0) is 6.61 Å². The van der Waals surface area contributed by atoms with Crippen molar-refractivity contribution in [3.63, 3.8) is 0 Å². The maximum Gasteiger partial charge on any atom is 0.127 e. The fraction of sp³-hybridized carbons (Fsp3) is 0.200. The number of hydrogen-bond acceptors (Lipinski definition) is 2. The average Bonchev–Trinajstić information content (AvgIpc) is 2.38. The lowest BCUT2D eigenvalue weighted by Gasteiger charge is -2.14. The monoisotopic (exact) mass is 323 g/mol. The van der Waals surface area contributed by atoms with Gasteiger partial charge in [0.1, 0.15) is 18.2 Å². The predicted molar refractivity (Wildman–Crippen MR) is 78.8 cm³/mol. The van der Waals surface area contributed by atoms with Gasteiger partial charge < -0.3 is 10.5 Å². The van der Waals surface area contributed by atoms with E-state index in [-0.39, 0.29) is 5.82 Å². The van der Waals surface area contributed by atoms with E-state index in [1.807, 2.05) is 26.0 Å². The Morgan fingerprint density at radius 3 is 2.68 bits per heavy atom. The number of benzene rings is 2. The summed E-state index contributed by atoms with van der Waals surface area (Å²) in [6.45, 7) is 4.17. The Kier molecular flexibility index (Phi) is 4.10. The predicted octanol–water partition coefficient (Wildman–Crippen LogP) is 4.37. The topological polar surface area (TPSA) is 35.2 Å². The lowest BCUT2D eigenvalue weighted by atomic mass is 10.1. The second-order valence-electron chi connectivity index (χ2n) is 4.45. The van der Waals surface area contributed by atoms with Crippen LogP contribution in [0.4, 0.5) is 10.1 Å². The number of hydrogen-bond donors (Lipinski definition) is 1. The van der Waals surface area contributed by atoms with E-state index in [0.717, 1.165) is 26.9 Å². The summed E-state index contributed by atoms with van der Waals surface area (Å²) in [5, 5.41) is 0. The highest BCUT2D eigenvalue weighted by atomic mass is 79.9. The van der Waals surface area contributed by atoms with Crippen LogP contribution in [0.25, 0.3) is 0 Å². The Morgan fingerprint density at radius 2 is 1.95 bits per heavy atom. The molecule has 0 saturated carbocycles. The van der Waals surface area contributed by atoms with Gasteiger partial charge in [0, 0.05) is 21.3 Å². The van der Waals surface area contributed by atoms with Gasteiger partial charge in [-0.15, -0.1) is 0 Å². The van der Waals surface area contributed by atoms with E-state index in [1.54, 1.807) is 6.07 Å². The van der Waals surface area contributed by atoms with Gasteiger partial charge >= 0.3 is 0 Å². The third-order valence-electron chi connectivity index (χ3n) is 3.02. The molecule has 2 N–H and O–H groups in total. The molecule has 2 aromatic carbocycles. The van der Waals surface area contributed by atoms with Crippen LogP contribution >= 0.6 is 15.9 Å². The summed E-state index contributed by atoms with van der Waals surface area (Å²) in [6.07, 6.45) is 0. The number of nitrogens with two attached hydrogens (primary N) is 1. The molecule has 100 valence electrons. The number of aryl methyl sites for hydroxylation is 1. The van der Waals surface area contributed by atoms with Crippen molar-refractivity contribution in [2.75, 3.05) is 5.73 Å². The fourth-order valence-corrected chi connectivity index (χ4v) is 2.23. The molecule has 0 atom stereocenters. The largest absolute Gasteiger partial charge is 0.488 e. The number of nitrogen functional groups attached to an aromatic ring is 1. The molecule has 0 spiro atoms. The maximum atomic E-state index is 13.2. The Hall–Kier alpha value is -1.55. The molecule has 0 aliphatic heterocycles. The molecule has 0 aliphatic rings. The van der Waals surface area contributed by atoms with Crippen LogP contribution < -0.4 is 10.5 Å². The molecule has 0 bridgehead atoms. The Balaban J connectivity index is 2.24. The zero-order chi connectivity index (χ0) is 14.0. The van der Waals surface area contributed by atoms with E-state index in [0.29, 0.717) is 12.3 Å². The minimum atomic E-state index is -0.275. The summed E-state index contributed by atoms with van der Waals surface area (Å²) in [6, 6.07) is 8.31. The summed E-state index contributed by atoms with van der Waals surface area (Å²) < 4.78 is 19.8. The maximum absolute atomic E-state index is 13.2. The van der Waals surface area contributed by atoms with Gasteiger partial charge in [0.25, 0.3) is 0 Å². The molecule has 0 amide bonds. The van der Waals surface area contributed by atoms with E-state index in [2.05, 4.69) is 15.9 Å². The van der Waals surface area contributed by atoms with Gasteiger partial charge in [0.05, 0.1) is 0 Å². The van der Waals surface area contributed by atoms with Gasteiger partial charge in [-0.1, -0.05) is 22.0 Å². The van der Waals surface area contributed by atoms with Crippen LogP contribution in [-0.4, -0.2) is 0 Å². The summed E-state index contributed by atoms with van der Waals surface area (Å²) >= 11 is 3.38. The Bertz CT molecular complexity index is 613. The Labute approximate surface area is 120 Å². The van der Waals surface area contributed by atoms with E-state index in [1.165, 1.54) is 12.1 Å². The van der Waals surface area contributed by atoms with Crippen molar-refractivity contribution in [2.45, 2.75) is 20.5 Å². The molecular formula is C15H15BrFNO. The molecule has 0 saturated heterocycles.